The Bertz CT molecular complexity index is 525. The van der Waals surface area contributed by atoms with Gasteiger partial charge in [-0.1, -0.05) is 23.7 Å². The molecule has 3 nitrogen and oxygen atoms in total. The molecule has 0 radical (unpaired) electrons. The first-order chi connectivity index (χ1) is 9.80. The molecule has 1 fully saturated rings. The van der Waals surface area contributed by atoms with Crippen LogP contribution in [0.4, 0.5) is 13.2 Å². The summed E-state index contributed by atoms with van der Waals surface area (Å²) in [7, 11) is 0. The molecular formula is C14H17Cl2F3N2O. The summed E-state index contributed by atoms with van der Waals surface area (Å²) in [5.74, 6) is -2.90. The van der Waals surface area contributed by atoms with E-state index in [1.165, 1.54) is 4.90 Å². The Labute approximate surface area is 138 Å². The van der Waals surface area contributed by atoms with Crippen molar-refractivity contribution in [2.75, 3.05) is 19.6 Å². The summed E-state index contributed by atoms with van der Waals surface area (Å²) in [6.45, 7) is 2.04. The van der Waals surface area contributed by atoms with Crippen molar-refractivity contribution >= 4 is 29.9 Å². The van der Waals surface area contributed by atoms with Crippen LogP contribution < -0.4 is 5.32 Å². The van der Waals surface area contributed by atoms with E-state index in [1.54, 1.807) is 24.3 Å². The van der Waals surface area contributed by atoms with Gasteiger partial charge >= 0.3 is 6.18 Å². The van der Waals surface area contributed by atoms with Crippen LogP contribution in [0, 0.1) is 5.92 Å². The van der Waals surface area contributed by atoms with Crippen molar-refractivity contribution in [1.82, 2.24) is 10.2 Å². The summed E-state index contributed by atoms with van der Waals surface area (Å²) < 4.78 is 38.3. The molecule has 1 N–H and O–H groups in total. The molecule has 0 aromatic heterocycles. The van der Waals surface area contributed by atoms with Crippen LogP contribution in [0.15, 0.2) is 24.3 Å². The molecule has 1 heterocycles. The molecular weight excluding hydrogens is 340 g/mol. The molecule has 0 aliphatic carbocycles. The molecule has 1 aliphatic rings. The van der Waals surface area contributed by atoms with E-state index in [9.17, 15) is 18.0 Å². The molecule has 0 spiro atoms. The van der Waals surface area contributed by atoms with Crippen molar-refractivity contribution in [2.45, 2.75) is 19.1 Å². The van der Waals surface area contributed by atoms with Gasteiger partial charge in [0.1, 0.15) is 5.92 Å². The van der Waals surface area contributed by atoms with E-state index in [4.69, 9.17) is 11.6 Å². The molecule has 1 aliphatic heterocycles. The lowest BCUT2D eigenvalue weighted by molar-refractivity contribution is -0.187. The zero-order valence-electron chi connectivity index (χ0n) is 11.9. The third-order valence-corrected chi connectivity index (χ3v) is 3.86. The highest BCUT2D eigenvalue weighted by molar-refractivity contribution is 6.30. The van der Waals surface area contributed by atoms with Gasteiger partial charge in [-0.25, -0.2) is 0 Å². The maximum Gasteiger partial charge on any atom is 0.400 e. The molecule has 2 unspecified atom stereocenters. The van der Waals surface area contributed by atoms with Gasteiger partial charge in [0.25, 0.3) is 0 Å². The zero-order chi connectivity index (χ0) is 15.6. The van der Waals surface area contributed by atoms with Crippen LogP contribution in [0.25, 0.3) is 0 Å². The molecule has 0 saturated carbocycles. The number of carbonyl (C=O) groups excluding carboxylic acids is 1. The van der Waals surface area contributed by atoms with Gasteiger partial charge in [-0.15, -0.1) is 12.4 Å². The van der Waals surface area contributed by atoms with Crippen LogP contribution in [0.2, 0.25) is 5.02 Å². The molecule has 8 heteroatoms. The first-order valence-electron chi connectivity index (χ1n) is 6.64. The third-order valence-electron chi connectivity index (χ3n) is 3.62. The summed E-state index contributed by atoms with van der Waals surface area (Å²) in [4.78, 5) is 13.5. The second-order valence-corrected chi connectivity index (χ2v) is 5.51. The van der Waals surface area contributed by atoms with Gasteiger partial charge in [-0.05, 0) is 24.6 Å². The number of carbonyl (C=O) groups is 1. The molecule has 1 amide bonds. The normalized spacial score (nSPS) is 20.2. The number of nitrogens with one attached hydrogen (secondary N) is 1. The standard InChI is InChI=1S/C14H16ClF3N2O.ClH/c1-9(14(16,17)18)13(21)20-6-5-19-8-12(20)10-3-2-4-11(15)7-10;/h2-4,7,9,12,19H,5-6,8H2,1H3;1H. The highest BCUT2D eigenvalue weighted by Gasteiger charge is 2.44. The van der Waals surface area contributed by atoms with Gasteiger partial charge < -0.3 is 10.2 Å². The average Bonchev–Trinajstić information content (AvgIpc) is 2.45. The van der Waals surface area contributed by atoms with Crippen molar-refractivity contribution < 1.29 is 18.0 Å². The molecule has 1 saturated heterocycles. The number of rotatable bonds is 2. The minimum Gasteiger partial charge on any atom is -0.333 e. The van der Waals surface area contributed by atoms with Gasteiger partial charge in [0.2, 0.25) is 5.91 Å². The van der Waals surface area contributed by atoms with Gasteiger partial charge in [0, 0.05) is 24.7 Å². The fraction of sp³-hybridized carbons (Fsp3) is 0.500. The second kappa shape index (κ2) is 7.53. The Balaban J connectivity index is 0.00000242. The molecule has 2 rings (SSSR count). The van der Waals surface area contributed by atoms with Crippen molar-refractivity contribution in [2.24, 2.45) is 5.92 Å². The van der Waals surface area contributed by atoms with Crippen LogP contribution >= 0.6 is 24.0 Å². The van der Waals surface area contributed by atoms with Crippen LogP contribution in [-0.4, -0.2) is 36.6 Å². The van der Waals surface area contributed by atoms with Crippen molar-refractivity contribution in [3.63, 3.8) is 0 Å². The summed E-state index contributed by atoms with van der Waals surface area (Å²) in [5.41, 5.74) is 0.734. The van der Waals surface area contributed by atoms with Crippen LogP contribution in [0.5, 0.6) is 0 Å². The number of benzene rings is 1. The Morgan fingerprint density at radius 2 is 2.14 bits per heavy atom. The van der Waals surface area contributed by atoms with Crippen LogP contribution in [-0.2, 0) is 4.79 Å². The van der Waals surface area contributed by atoms with E-state index in [0.29, 0.717) is 18.1 Å². The van der Waals surface area contributed by atoms with Gasteiger partial charge in [-0.3, -0.25) is 4.79 Å². The van der Waals surface area contributed by atoms with Gasteiger partial charge in [0.15, 0.2) is 0 Å². The number of amides is 1. The average molecular weight is 357 g/mol. The fourth-order valence-corrected chi connectivity index (χ4v) is 2.57. The lowest BCUT2D eigenvalue weighted by atomic mass is 10.0. The highest BCUT2D eigenvalue weighted by Crippen LogP contribution is 2.31. The number of hydrogen-bond acceptors (Lipinski definition) is 2. The largest absolute Gasteiger partial charge is 0.400 e. The maximum atomic E-state index is 12.8. The minimum absolute atomic E-state index is 0. The van der Waals surface area contributed by atoms with E-state index in [1.807, 2.05) is 0 Å². The fourth-order valence-electron chi connectivity index (χ4n) is 2.37. The molecule has 1 aromatic carbocycles. The number of nitrogens with zero attached hydrogens (tertiary/aromatic N) is 1. The van der Waals surface area contributed by atoms with Crippen LogP contribution in [0.1, 0.15) is 18.5 Å². The second-order valence-electron chi connectivity index (χ2n) is 5.07. The number of piperazine rings is 1. The third kappa shape index (κ3) is 4.27. The molecule has 0 bridgehead atoms. The Kier molecular flexibility index (Phi) is 6.52. The topological polar surface area (TPSA) is 32.3 Å². The van der Waals surface area contributed by atoms with Gasteiger partial charge in [-0.2, -0.15) is 13.2 Å². The van der Waals surface area contributed by atoms with E-state index in [-0.39, 0.29) is 19.0 Å². The van der Waals surface area contributed by atoms with Crippen LogP contribution in [0.3, 0.4) is 0 Å². The maximum absolute atomic E-state index is 12.8. The Morgan fingerprint density at radius 3 is 2.73 bits per heavy atom. The molecule has 2 atom stereocenters. The van der Waals surface area contributed by atoms with Gasteiger partial charge in [0.05, 0.1) is 6.04 Å². The monoisotopic (exact) mass is 356 g/mol. The first-order valence-corrected chi connectivity index (χ1v) is 7.02. The number of alkyl halides is 3. The highest BCUT2D eigenvalue weighted by atomic mass is 35.5. The summed E-state index contributed by atoms with van der Waals surface area (Å²) in [6, 6.07) is 6.42. The number of halogens is 5. The quantitative estimate of drug-likeness (QED) is 0.880. The summed E-state index contributed by atoms with van der Waals surface area (Å²) >= 11 is 5.92. The first kappa shape index (κ1) is 19.1. The summed E-state index contributed by atoms with van der Waals surface area (Å²) in [6.07, 6.45) is -4.53. The molecule has 1 aromatic rings. The van der Waals surface area contributed by atoms with E-state index in [2.05, 4.69) is 5.32 Å². The minimum atomic E-state index is -4.53. The zero-order valence-corrected chi connectivity index (χ0v) is 13.4. The smallest absolute Gasteiger partial charge is 0.333 e. The van der Waals surface area contributed by atoms with E-state index in [0.717, 1.165) is 12.5 Å². The Hall–Kier alpha value is -0.980. The van der Waals surface area contributed by atoms with Crippen molar-refractivity contribution in [3.8, 4) is 0 Å². The predicted octanol–water partition coefficient (Wildman–Crippen LogP) is 3.43. The van der Waals surface area contributed by atoms with E-state index < -0.39 is 24.0 Å². The van der Waals surface area contributed by atoms with Crippen molar-refractivity contribution in [1.29, 1.82) is 0 Å². The van der Waals surface area contributed by atoms with E-state index >= 15 is 0 Å². The summed E-state index contributed by atoms with van der Waals surface area (Å²) in [5, 5.41) is 3.59. The number of hydrogen-bond donors (Lipinski definition) is 1. The lowest BCUT2D eigenvalue weighted by Gasteiger charge is -2.38. The molecule has 124 valence electrons. The Morgan fingerprint density at radius 1 is 1.45 bits per heavy atom. The van der Waals surface area contributed by atoms with Crippen molar-refractivity contribution in [3.05, 3.63) is 34.9 Å². The predicted molar refractivity (Wildman–Crippen MR) is 81.2 cm³/mol. The SMILES string of the molecule is CC(C(=O)N1CCNCC1c1cccc(Cl)c1)C(F)(F)F.Cl. The lowest BCUT2D eigenvalue weighted by Crippen LogP contribution is -2.52. The molecule has 22 heavy (non-hydrogen) atoms.